The number of rotatable bonds is 5. The molecule has 0 N–H and O–H groups in total. The first kappa shape index (κ1) is 14.7. The average Bonchev–Trinajstić information content (AvgIpc) is 2.30. The van der Waals surface area contributed by atoms with Crippen molar-refractivity contribution in [3.05, 3.63) is 33.8 Å². The van der Waals surface area contributed by atoms with Crippen LogP contribution in [0.4, 0.5) is 0 Å². The van der Waals surface area contributed by atoms with Crippen LogP contribution in [-0.2, 0) is 11.3 Å². The van der Waals surface area contributed by atoms with E-state index in [2.05, 4.69) is 0 Å². The zero-order chi connectivity index (χ0) is 12.8. The van der Waals surface area contributed by atoms with Gasteiger partial charge in [0.1, 0.15) is 0 Å². The maximum Gasteiger partial charge on any atom is 0.223 e. The standard InChI is InChI=1S/C12H15Cl2NOS/c1-15(12(16)5-6-17-2)8-9-3-4-10(13)11(14)7-9/h3-4,7H,5-6,8H2,1-2H3. The Bertz CT molecular complexity index is 398. The molecular formula is C12H15Cl2NOS. The van der Waals surface area contributed by atoms with Crippen LogP contribution in [0.5, 0.6) is 0 Å². The van der Waals surface area contributed by atoms with Crippen molar-refractivity contribution in [2.75, 3.05) is 19.1 Å². The fraction of sp³-hybridized carbons (Fsp3) is 0.417. The van der Waals surface area contributed by atoms with E-state index in [1.54, 1.807) is 35.8 Å². The number of thioether (sulfide) groups is 1. The summed E-state index contributed by atoms with van der Waals surface area (Å²) in [7, 11) is 1.80. The Morgan fingerprint density at radius 1 is 1.35 bits per heavy atom. The van der Waals surface area contributed by atoms with Gasteiger partial charge in [-0.05, 0) is 24.0 Å². The van der Waals surface area contributed by atoms with Gasteiger partial charge < -0.3 is 4.90 Å². The van der Waals surface area contributed by atoms with Crippen LogP contribution < -0.4 is 0 Å². The molecule has 0 heterocycles. The van der Waals surface area contributed by atoms with Crippen LogP contribution in [0.2, 0.25) is 10.0 Å². The van der Waals surface area contributed by atoms with Crippen molar-refractivity contribution in [3.63, 3.8) is 0 Å². The number of amides is 1. The van der Waals surface area contributed by atoms with Crippen LogP contribution in [0.25, 0.3) is 0 Å². The van der Waals surface area contributed by atoms with Gasteiger partial charge in [0.15, 0.2) is 0 Å². The van der Waals surface area contributed by atoms with Crippen molar-refractivity contribution >= 4 is 40.9 Å². The largest absolute Gasteiger partial charge is 0.341 e. The van der Waals surface area contributed by atoms with E-state index < -0.39 is 0 Å². The van der Waals surface area contributed by atoms with Gasteiger partial charge in [-0.2, -0.15) is 11.8 Å². The molecular weight excluding hydrogens is 277 g/mol. The van der Waals surface area contributed by atoms with Gasteiger partial charge in [0.25, 0.3) is 0 Å². The first-order valence-corrected chi connectivity index (χ1v) is 7.36. The Morgan fingerprint density at radius 3 is 2.65 bits per heavy atom. The molecule has 94 valence electrons. The minimum absolute atomic E-state index is 0.144. The van der Waals surface area contributed by atoms with Crippen molar-refractivity contribution in [2.24, 2.45) is 0 Å². The first-order valence-electron chi connectivity index (χ1n) is 5.21. The highest BCUT2D eigenvalue weighted by Crippen LogP contribution is 2.23. The Morgan fingerprint density at radius 2 is 2.06 bits per heavy atom. The lowest BCUT2D eigenvalue weighted by molar-refractivity contribution is -0.129. The topological polar surface area (TPSA) is 20.3 Å². The van der Waals surface area contributed by atoms with Gasteiger partial charge in [-0.3, -0.25) is 4.79 Å². The molecule has 1 aromatic carbocycles. The van der Waals surface area contributed by atoms with Gasteiger partial charge in [0.2, 0.25) is 5.91 Å². The van der Waals surface area contributed by atoms with Gasteiger partial charge in [0, 0.05) is 25.8 Å². The predicted molar refractivity (Wildman–Crippen MR) is 75.9 cm³/mol. The van der Waals surface area contributed by atoms with Gasteiger partial charge in [-0.15, -0.1) is 0 Å². The predicted octanol–water partition coefficient (Wildman–Crippen LogP) is 3.70. The molecule has 0 saturated carbocycles. The Balaban J connectivity index is 2.58. The van der Waals surface area contributed by atoms with Crippen LogP contribution in [0.15, 0.2) is 18.2 Å². The number of benzene rings is 1. The summed E-state index contributed by atoms with van der Waals surface area (Å²) < 4.78 is 0. The summed E-state index contributed by atoms with van der Waals surface area (Å²) in [5.74, 6) is 0.996. The van der Waals surface area contributed by atoms with E-state index in [9.17, 15) is 4.79 Å². The molecule has 17 heavy (non-hydrogen) atoms. The fourth-order valence-electron chi connectivity index (χ4n) is 1.38. The van der Waals surface area contributed by atoms with Crippen molar-refractivity contribution in [2.45, 2.75) is 13.0 Å². The van der Waals surface area contributed by atoms with Gasteiger partial charge in [-0.25, -0.2) is 0 Å². The van der Waals surface area contributed by atoms with Crippen LogP contribution in [0.1, 0.15) is 12.0 Å². The van der Waals surface area contributed by atoms with E-state index in [0.29, 0.717) is 23.0 Å². The van der Waals surface area contributed by atoms with E-state index in [-0.39, 0.29) is 5.91 Å². The minimum Gasteiger partial charge on any atom is -0.341 e. The zero-order valence-corrected chi connectivity index (χ0v) is 12.2. The summed E-state index contributed by atoms with van der Waals surface area (Å²) in [6, 6.07) is 5.42. The molecule has 2 nitrogen and oxygen atoms in total. The third-order valence-corrected chi connectivity index (χ3v) is 3.70. The molecule has 1 amide bonds. The molecule has 0 aliphatic heterocycles. The fourth-order valence-corrected chi connectivity index (χ4v) is 2.08. The summed E-state index contributed by atoms with van der Waals surface area (Å²) >= 11 is 13.4. The Labute approximate surface area is 116 Å². The number of hydrogen-bond donors (Lipinski definition) is 0. The van der Waals surface area contributed by atoms with E-state index in [0.717, 1.165) is 11.3 Å². The zero-order valence-electron chi connectivity index (χ0n) is 9.87. The maximum atomic E-state index is 11.7. The third kappa shape index (κ3) is 4.78. The number of carbonyl (C=O) groups is 1. The van der Waals surface area contributed by atoms with E-state index in [1.807, 2.05) is 12.3 Å². The maximum absolute atomic E-state index is 11.7. The summed E-state index contributed by atoms with van der Waals surface area (Å²) in [6.07, 6.45) is 2.56. The number of hydrogen-bond acceptors (Lipinski definition) is 2. The number of nitrogens with zero attached hydrogens (tertiary/aromatic N) is 1. The average molecular weight is 292 g/mol. The first-order chi connectivity index (χ1) is 8.04. The molecule has 0 fully saturated rings. The molecule has 0 radical (unpaired) electrons. The smallest absolute Gasteiger partial charge is 0.223 e. The lowest BCUT2D eigenvalue weighted by Gasteiger charge is -2.17. The molecule has 0 saturated heterocycles. The number of halogens is 2. The highest BCUT2D eigenvalue weighted by molar-refractivity contribution is 7.98. The van der Waals surface area contributed by atoms with Crippen LogP contribution in [0, 0.1) is 0 Å². The normalized spacial score (nSPS) is 10.4. The van der Waals surface area contributed by atoms with E-state index in [1.165, 1.54) is 0 Å². The lowest BCUT2D eigenvalue weighted by atomic mass is 10.2. The molecule has 5 heteroatoms. The van der Waals surface area contributed by atoms with Crippen molar-refractivity contribution in [3.8, 4) is 0 Å². The van der Waals surface area contributed by atoms with Crippen LogP contribution >= 0.6 is 35.0 Å². The van der Waals surface area contributed by atoms with Gasteiger partial charge >= 0.3 is 0 Å². The van der Waals surface area contributed by atoms with E-state index >= 15 is 0 Å². The summed E-state index contributed by atoms with van der Waals surface area (Å²) in [5.41, 5.74) is 0.986. The molecule has 0 aliphatic carbocycles. The van der Waals surface area contributed by atoms with Crippen molar-refractivity contribution < 1.29 is 4.79 Å². The van der Waals surface area contributed by atoms with Gasteiger partial charge in [0.05, 0.1) is 10.0 Å². The molecule has 1 aromatic rings. The second-order valence-corrected chi connectivity index (χ2v) is 5.54. The van der Waals surface area contributed by atoms with E-state index in [4.69, 9.17) is 23.2 Å². The Kier molecular flexibility index (Phi) is 6.17. The second-order valence-electron chi connectivity index (χ2n) is 3.74. The third-order valence-electron chi connectivity index (χ3n) is 2.35. The molecule has 0 aliphatic rings. The highest BCUT2D eigenvalue weighted by Gasteiger charge is 2.09. The summed E-state index contributed by atoms with van der Waals surface area (Å²) in [4.78, 5) is 13.4. The lowest BCUT2D eigenvalue weighted by Crippen LogP contribution is -2.26. The molecule has 0 aromatic heterocycles. The van der Waals surface area contributed by atoms with Crippen molar-refractivity contribution in [1.29, 1.82) is 0 Å². The summed E-state index contributed by atoms with van der Waals surface area (Å²) in [6.45, 7) is 0.560. The Hall–Kier alpha value is -0.380. The molecule has 0 spiro atoms. The monoisotopic (exact) mass is 291 g/mol. The molecule has 0 unspecified atom stereocenters. The van der Waals surface area contributed by atoms with Crippen LogP contribution in [0.3, 0.4) is 0 Å². The molecule has 0 atom stereocenters. The minimum atomic E-state index is 0.144. The van der Waals surface area contributed by atoms with Gasteiger partial charge in [-0.1, -0.05) is 29.3 Å². The molecule has 1 rings (SSSR count). The SMILES string of the molecule is CSCCC(=O)N(C)Cc1ccc(Cl)c(Cl)c1. The van der Waals surface area contributed by atoms with Crippen LogP contribution in [-0.4, -0.2) is 29.9 Å². The highest BCUT2D eigenvalue weighted by atomic mass is 35.5. The second kappa shape index (κ2) is 7.14. The van der Waals surface area contributed by atoms with Crippen molar-refractivity contribution in [1.82, 2.24) is 4.90 Å². The summed E-state index contributed by atoms with van der Waals surface area (Å²) in [5, 5.41) is 1.06. The number of carbonyl (C=O) groups excluding carboxylic acids is 1. The molecule has 0 bridgehead atoms. The quantitative estimate of drug-likeness (QED) is 0.824.